The highest BCUT2D eigenvalue weighted by atomic mass is 28.4. The summed E-state index contributed by atoms with van der Waals surface area (Å²) in [6.07, 6.45) is 4.41. The minimum absolute atomic E-state index is 0.0273. The standard InChI is InChI=1S/C20H34O2Si/c1-16(2)18(22-23(7,8)20(3,4)5)14-15-19(21-6)17-12-10-9-11-13-17/h9-16,18-19H,1-8H3/b15-14+/t18-,19?/m1/s1. The second kappa shape index (κ2) is 8.27. The van der Waals surface area contributed by atoms with Crippen molar-refractivity contribution in [1.29, 1.82) is 0 Å². The monoisotopic (exact) mass is 334 g/mol. The Morgan fingerprint density at radius 2 is 1.57 bits per heavy atom. The smallest absolute Gasteiger partial charge is 0.192 e. The third-order valence-corrected chi connectivity index (χ3v) is 9.23. The first-order valence-corrected chi connectivity index (χ1v) is 11.4. The molecule has 23 heavy (non-hydrogen) atoms. The Morgan fingerprint density at radius 3 is 2.00 bits per heavy atom. The van der Waals surface area contributed by atoms with Crippen LogP contribution in [0.25, 0.3) is 0 Å². The van der Waals surface area contributed by atoms with Gasteiger partial charge in [-0.3, -0.25) is 0 Å². The lowest BCUT2D eigenvalue weighted by Gasteiger charge is -2.39. The van der Waals surface area contributed by atoms with E-state index in [0.29, 0.717) is 5.92 Å². The van der Waals surface area contributed by atoms with Gasteiger partial charge in [0.1, 0.15) is 6.10 Å². The van der Waals surface area contributed by atoms with E-state index in [-0.39, 0.29) is 17.2 Å². The van der Waals surface area contributed by atoms with Crippen LogP contribution in [0, 0.1) is 5.92 Å². The summed E-state index contributed by atoms with van der Waals surface area (Å²) in [6, 6.07) is 10.3. The van der Waals surface area contributed by atoms with Gasteiger partial charge >= 0.3 is 0 Å². The minimum Gasteiger partial charge on any atom is -0.410 e. The molecule has 2 atom stereocenters. The first-order chi connectivity index (χ1) is 10.6. The fourth-order valence-corrected chi connectivity index (χ4v) is 3.48. The quantitative estimate of drug-likeness (QED) is 0.451. The molecule has 0 aliphatic rings. The van der Waals surface area contributed by atoms with E-state index in [4.69, 9.17) is 9.16 Å². The molecule has 0 saturated heterocycles. The molecule has 1 aromatic rings. The van der Waals surface area contributed by atoms with Crippen molar-refractivity contribution >= 4 is 8.32 Å². The lowest BCUT2D eigenvalue weighted by Crippen LogP contribution is -2.44. The summed E-state index contributed by atoms with van der Waals surface area (Å²) in [7, 11) is -0.0332. The van der Waals surface area contributed by atoms with E-state index in [1.807, 2.05) is 18.2 Å². The topological polar surface area (TPSA) is 18.5 Å². The van der Waals surface area contributed by atoms with Crippen molar-refractivity contribution < 1.29 is 9.16 Å². The molecule has 0 aromatic heterocycles. The van der Waals surface area contributed by atoms with E-state index in [0.717, 1.165) is 0 Å². The molecule has 2 nitrogen and oxygen atoms in total. The summed E-state index contributed by atoms with van der Waals surface area (Å²) in [6.45, 7) is 15.9. The first-order valence-electron chi connectivity index (χ1n) is 8.52. The van der Waals surface area contributed by atoms with Gasteiger partial charge in [-0.2, -0.15) is 0 Å². The molecule has 0 bridgehead atoms. The highest BCUT2D eigenvalue weighted by Gasteiger charge is 2.39. The maximum atomic E-state index is 6.59. The van der Waals surface area contributed by atoms with Crippen LogP contribution in [0.1, 0.15) is 46.3 Å². The molecule has 1 rings (SSSR count). The van der Waals surface area contributed by atoms with Gasteiger partial charge in [0.2, 0.25) is 0 Å². The number of rotatable bonds is 7. The number of benzene rings is 1. The van der Waals surface area contributed by atoms with Gasteiger partial charge in [-0.05, 0) is 29.6 Å². The Hall–Kier alpha value is -0.903. The molecular formula is C20H34O2Si. The van der Waals surface area contributed by atoms with Gasteiger partial charge in [0, 0.05) is 7.11 Å². The zero-order chi connectivity index (χ0) is 17.7. The Morgan fingerprint density at radius 1 is 1.00 bits per heavy atom. The van der Waals surface area contributed by atoms with Crippen LogP contribution in [-0.4, -0.2) is 21.5 Å². The fourth-order valence-electron chi connectivity index (χ4n) is 2.09. The summed E-state index contributed by atoms with van der Waals surface area (Å²) < 4.78 is 12.2. The Labute approximate surface area is 144 Å². The highest BCUT2D eigenvalue weighted by Crippen LogP contribution is 2.38. The average molecular weight is 335 g/mol. The lowest BCUT2D eigenvalue weighted by atomic mass is 10.0. The van der Waals surface area contributed by atoms with E-state index < -0.39 is 8.32 Å². The van der Waals surface area contributed by atoms with E-state index in [9.17, 15) is 0 Å². The molecule has 0 aliphatic heterocycles. The van der Waals surface area contributed by atoms with Crippen molar-refractivity contribution in [2.75, 3.05) is 7.11 Å². The van der Waals surface area contributed by atoms with Crippen LogP contribution in [0.3, 0.4) is 0 Å². The summed E-state index contributed by atoms with van der Waals surface area (Å²) in [4.78, 5) is 0. The third-order valence-electron chi connectivity index (χ3n) is 4.75. The first kappa shape index (κ1) is 20.1. The van der Waals surface area contributed by atoms with Crippen molar-refractivity contribution in [3.8, 4) is 0 Å². The Balaban J connectivity index is 2.91. The zero-order valence-corrected chi connectivity index (χ0v) is 17.1. The summed E-state index contributed by atoms with van der Waals surface area (Å²) in [5, 5.41) is 0.216. The molecule has 0 N–H and O–H groups in total. The largest absolute Gasteiger partial charge is 0.410 e. The Bertz CT molecular complexity index is 486. The van der Waals surface area contributed by atoms with Gasteiger partial charge in [0.05, 0.1) is 6.10 Å². The van der Waals surface area contributed by atoms with Gasteiger partial charge in [-0.25, -0.2) is 0 Å². The van der Waals surface area contributed by atoms with Crippen LogP contribution in [0.4, 0.5) is 0 Å². The number of hydrogen-bond donors (Lipinski definition) is 0. The summed E-state index contributed by atoms with van der Waals surface area (Å²) in [5.41, 5.74) is 1.17. The van der Waals surface area contributed by atoms with Crippen LogP contribution in [0.2, 0.25) is 18.1 Å². The van der Waals surface area contributed by atoms with E-state index in [2.05, 4.69) is 72.0 Å². The molecule has 1 aromatic carbocycles. The third kappa shape index (κ3) is 5.90. The molecule has 3 heteroatoms. The molecule has 0 saturated carbocycles. The van der Waals surface area contributed by atoms with Gasteiger partial charge in [-0.1, -0.05) is 77.1 Å². The van der Waals surface area contributed by atoms with Crippen LogP contribution < -0.4 is 0 Å². The maximum absolute atomic E-state index is 6.59. The maximum Gasteiger partial charge on any atom is 0.192 e. The van der Waals surface area contributed by atoms with E-state index in [1.54, 1.807) is 7.11 Å². The second-order valence-electron chi connectivity index (χ2n) is 8.04. The molecule has 0 radical (unpaired) electrons. The molecule has 1 unspecified atom stereocenters. The zero-order valence-electron chi connectivity index (χ0n) is 16.1. The normalized spacial score (nSPS) is 16.0. The number of hydrogen-bond acceptors (Lipinski definition) is 2. The minimum atomic E-state index is -1.78. The van der Waals surface area contributed by atoms with Gasteiger partial charge in [0.15, 0.2) is 8.32 Å². The molecule has 0 spiro atoms. The second-order valence-corrected chi connectivity index (χ2v) is 12.8. The van der Waals surface area contributed by atoms with E-state index >= 15 is 0 Å². The predicted molar refractivity (Wildman–Crippen MR) is 102 cm³/mol. The van der Waals surface area contributed by atoms with E-state index in [1.165, 1.54) is 5.56 Å². The van der Waals surface area contributed by atoms with Crippen LogP contribution in [0.15, 0.2) is 42.5 Å². The van der Waals surface area contributed by atoms with Crippen LogP contribution >= 0.6 is 0 Å². The van der Waals surface area contributed by atoms with Crippen molar-refractivity contribution in [1.82, 2.24) is 0 Å². The average Bonchev–Trinajstić information content (AvgIpc) is 2.46. The molecule has 0 heterocycles. The Kier molecular flexibility index (Phi) is 7.24. The summed E-state index contributed by atoms with van der Waals surface area (Å²) >= 11 is 0. The van der Waals surface area contributed by atoms with Gasteiger partial charge in [0.25, 0.3) is 0 Å². The van der Waals surface area contributed by atoms with Crippen molar-refractivity contribution in [3.05, 3.63) is 48.0 Å². The van der Waals surface area contributed by atoms with Gasteiger partial charge in [-0.15, -0.1) is 0 Å². The molecule has 0 aliphatic carbocycles. The van der Waals surface area contributed by atoms with Crippen molar-refractivity contribution in [2.24, 2.45) is 5.92 Å². The molecule has 0 fully saturated rings. The highest BCUT2D eigenvalue weighted by molar-refractivity contribution is 6.74. The van der Waals surface area contributed by atoms with Crippen LogP contribution in [-0.2, 0) is 9.16 Å². The molecule has 0 amide bonds. The SMILES string of the molecule is COC(/C=C/[C@@H](O[Si](C)(C)C(C)(C)C)C(C)C)c1ccccc1. The number of ether oxygens (including phenoxy) is 1. The fraction of sp³-hybridized carbons (Fsp3) is 0.600. The number of methoxy groups -OCH3 is 1. The van der Waals surface area contributed by atoms with Crippen molar-refractivity contribution in [2.45, 2.75) is 65.0 Å². The molecule has 130 valence electrons. The van der Waals surface area contributed by atoms with Crippen LogP contribution in [0.5, 0.6) is 0 Å². The lowest BCUT2D eigenvalue weighted by molar-refractivity contribution is 0.138. The molecular weight excluding hydrogens is 300 g/mol. The van der Waals surface area contributed by atoms with Gasteiger partial charge < -0.3 is 9.16 Å². The predicted octanol–water partition coefficient (Wildman–Crippen LogP) is 5.98. The summed E-state index contributed by atoms with van der Waals surface area (Å²) in [5.74, 6) is 0.439. The van der Waals surface area contributed by atoms with Crippen molar-refractivity contribution in [3.63, 3.8) is 0 Å².